The first kappa shape index (κ1) is 18.4. The Balaban J connectivity index is 1.88. The van der Waals surface area contributed by atoms with Gasteiger partial charge in [0.25, 0.3) is 0 Å². The van der Waals surface area contributed by atoms with E-state index in [1.165, 1.54) is 22.9 Å². The average Bonchev–Trinajstić information content (AvgIpc) is 2.66. The lowest BCUT2D eigenvalue weighted by molar-refractivity contribution is 0.299. The van der Waals surface area contributed by atoms with Crippen LogP contribution in [0.2, 0.25) is 0 Å². The van der Waals surface area contributed by atoms with Crippen LogP contribution in [0, 0.1) is 5.82 Å². The minimum Gasteiger partial charge on any atom is -0.489 e. The van der Waals surface area contributed by atoms with Gasteiger partial charge in [-0.05, 0) is 54.8 Å². The van der Waals surface area contributed by atoms with E-state index in [1.807, 2.05) is 6.07 Å². The molecule has 26 heavy (non-hydrogen) atoms. The van der Waals surface area contributed by atoms with Gasteiger partial charge in [-0.1, -0.05) is 49.4 Å². The van der Waals surface area contributed by atoms with Gasteiger partial charge < -0.3 is 10.1 Å². The SMILES string of the molecule is CCC(C)(C)NCc1c(OCc2ccc(F)cc2)ccc2ccccc12. The van der Waals surface area contributed by atoms with Crippen molar-refractivity contribution in [1.82, 2.24) is 5.32 Å². The van der Waals surface area contributed by atoms with Gasteiger partial charge in [-0.15, -0.1) is 0 Å². The van der Waals surface area contributed by atoms with Gasteiger partial charge in [0.05, 0.1) is 0 Å². The van der Waals surface area contributed by atoms with Gasteiger partial charge in [0, 0.05) is 17.6 Å². The summed E-state index contributed by atoms with van der Waals surface area (Å²) < 4.78 is 19.2. The molecular weight excluding hydrogens is 325 g/mol. The number of hydrogen-bond acceptors (Lipinski definition) is 2. The zero-order chi connectivity index (χ0) is 18.6. The number of rotatable bonds is 7. The number of ether oxygens (including phenoxy) is 1. The van der Waals surface area contributed by atoms with Crippen LogP contribution in [0.3, 0.4) is 0 Å². The number of nitrogens with one attached hydrogen (secondary N) is 1. The fourth-order valence-corrected chi connectivity index (χ4v) is 2.83. The van der Waals surface area contributed by atoms with E-state index in [-0.39, 0.29) is 11.4 Å². The second-order valence-electron chi connectivity index (χ2n) is 7.27. The molecule has 0 aromatic heterocycles. The largest absolute Gasteiger partial charge is 0.489 e. The van der Waals surface area contributed by atoms with Crippen LogP contribution in [0.5, 0.6) is 5.75 Å². The second kappa shape index (κ2) is 7.88. The molecule has 0 saturated heterocycles. The van der Waals surface area contributed by atoms with E-state index < -0.39 is 0 Å². The number of halogens is 1. The van der Waals surface area contributed by atoms with Gasteiger partial charge in [-0.2, -0.15) is 0 Å². The minimum absolute atomic E-state index is 0.0607. The average molecular weight is 351 g/mol. The Labute approximate surface area is 155 Å². The van der Waals surface area contributed by atoms with Crippen molar-refractivity contribution in [2.45, 2.75) is 45.9 Å². The summed E-state index contributed by atoms with van der Waals surface area (Å²) >= 11 is 0. The minimum atomic E-state index is -0.230. The lowest BCUT2D eigenvalue weighted by Crippen LogP contribution is -2.37. The van der Waals surface area contributed by atoms with Crippen molar-refractivity contribution >= 4 is 10.8 Å². The summed E-state index contributed by atoms with van der Waals surface area (Å²) in [6.45, 7) is 7.75. The van der Waals surface area contributed by atoms with Gasteiger partial charge in [-0.3, -0.25) is 0 Å². The van der Waals surface area contributed by atoms with Crippen molar-refractivity contribution in [3.63, 3.8) is 0 Å². The van der Waals surface area contributed by atoms with Crippen molar-refractivity contribution in [2.75, 3.05) is 0 Å². The van der Waals surface area contributed by atoms with Crippen LogP contribution in [0.4, 0.5) is 4.39 Å². The van der Waals surface area contributed by atoms with Gasteiger partial charge >= 0.3 is 0 Å². The monoisotopic (exact) mass is 351 g/mol. The fourth-order valence-electron chi connectivity index (χ4n) is 2.83. The summed E-state index contributed by atoms with van der Waals surface area (Å²) in [7, 11) is 0. The lowest BCUT2D eigenvalue weighted by Gasteiger charge is -2.26. The zero-order valence-electron chi connectivity index (χ0n) is 15.7. The first-order valence-corrected chi connectivity index (χ1v) is 9.11. The molecule has 0 heterocycles. The molecule has 1 N–H and O–H groups in total. The second-order valence-corrected chi connectivity index (χ2v) is 7.27. The van der Waals surface area contributed by atoms with Crippen LogP contribution >= 0.6 is 0 Å². The van der Waals surface area contributed by atoms with E-state index in [2.05, 4.69) is 56.4 Å². The normalized spacial score (nSPS) is 11.7. The summed E-state index contributed by atoms with van der Waals surface area (Å²) in [5, 5.41) is 6.03. The summed E-state index contributed by atoms with van der Waals surface area (Å²) in [5.41, 5.74) is 2.17. The molecule has 0 unspecified atom stereocenters. The first-order valence-electron chi connectivity index (χ1n) is 9.11. The molecular formula is C23H26FNO. The van der Waals surface area contributed by atoms with E-state index in [4.69, 9.17) is 4.74 Å². The highest BCUT2D eigenvalue weighted by molar-refractivity contribution is 5.87. The van der Waals surface area contributed by atoms with Gasteiger partial charge in [-0.25, -0.2) is 4.39 Å². The molecule has 0 saturated carbocycles. The number of benzene rings is 3. The Bertz CT molecular complexity index is 871. The fraction of sp³-hybridized carbons (Fsp3) is 0.304. The van der Waals surface area contributed by atoms with Crippen LogP contribution < -0.4 is 10.1 Å². The van der Waals surface area contributed by atoms with Crippen LogP contribution in [-0.4, -0.2) is 5.54 Å². The summed E-state index contributed by atoms with van der Waals surface area (Å²) in [5.74, 6) is 0.638. The highest BCUT2D eigenvalue weighted by Gasteiger charge is 2.16. The molecule has 0 aliphatic rings. The molecule has 0 fully saturated rings. The number of fused-ring (bicyclic) bond motifs is 1. The molecule has 2 nitrogen and oxygen atoms in total. The third kappa shape index (κ3) is 4.41. The molecule has 3 aromatic carbocycles. The third-order valence-corrected chi connectivity index (χ3v) is 4.93. The third-order valence-electron chi connectivity index (χ3n) is 4.93. The molecule has 3 heteroatoms. The predicted molar refractivity (Wildman–Crippen MR) is 106 cm³/mol. The van der Waals surface area contributed by atoms with Crippen molar-refractivity contribution < 1.29 is 9.13 Å². The van der Waals surface area contributed by atoms with Crippen molar-refractivity contribution in [3.8, 4) is 5.75 Å². The standard InChI is InChI=1S/C23H26FNO/c1-4-23(2,3)25-15-21-20-8-6-5-7-18(20)11-14-22(21)26-16-17-9-12-19(24)13-10-17/h5-14,25H,4,15-16H2,1-3H3. The summed E-state index contributed by atoms with van der Waals surface area (Å²) in [4.78, 5) is 0. The molecule has 3 rings (SSSR count). The Morgan fingerprint density at radius 1 is 0.962 bits per heavy atom. The Morgan fingerprint density at radius 3 is 2.42 bits per heavy atom. The van der Waals surface area contributed by atoms with Gasteiger partial charge in [0.1, 0.15) is 18.2 Å². The molecule has 3 aromatic rings. The number of hydrogen-bond donors (Lipinski definition) is 1. The maximum atomic E-state index is 13.1. The van der Waals surface area contributed by atoms with Crippen LogP contribution in [0.25, 0.3) is 10.8 Å². The lowest BCUT2D eigenvalue weighted by atomic mass is 9.99. The topological polar surface area (TPSA) is 21.3 Å². The molecule has 0 radical (unpaired) electrons. The predicted octanol–water partition coefficient (Wildman–Crippen LogP) is 5.84. The van der Waals surface area contributed by atoms with E-state index >= 15 is 0 Å². The van der Waals surface area contributed by atoms with E-state index in [1.54, 1.807) is 12.1 Å². The molecule has 0 spiro atoms. The van der Waals surface area contributed by atoms with Crippen LogP contribution in [0.15, 0.2) is 60.7 Å². The Morgan fingerprint density at radius 2 is 1.69 bits per heavy atom. The van der Waals surface area contributed by atoms with Crippen molar-refractivity contribution in [1.29, 1.82) is 0 Å². The van der Waals surface area contributed by atoms with Gasteiger partial charge in [0.2, 0.25) is 0 Å². The molecule has 136 valence electrons. The smallest absolute Gasteiger partial charge is 0.124 e. The maximum absolute atomic E-state index is 13.1. The molecule has 0 bridgehead atoms. The molecule has 0 atom stereocenters. The molecule has 0 aliphatic carbocycles. The van der Waals surface area contributed by atoms with E-state index in [0.717, 1.165) is 29.8 Å². The van der Waals surface area contributed by atoms with Crippen LogP contribution in [-0.2, 0) is 13.2 Å². The molecule has 0 aliphatic heterocycles. The van der Waals surface area contributed by atoms with Crippen molar-refractivity contribution in [2.24, 2.45) is 0 Å². The Hall–Kier alpha value is -2.39. The molecule has 0 amide bonds. The van der Waals surface area contributed by atoms with Crippen molar-refractivity contribution in [3.05, 3.63) is 77.6 Å². The highest BCUT2D eigenvalue weighted by Crippen LogP contribution is 2.29. The maximum Gasteiger partial charge on any atom is 0.124 e. The highest BCUT2D eigenvalue weighted by atomic mass is 19.1. The summed E-state index contributed by atoms with van der Waals surface area (Å²) in [6, 6.07) is 18.9. The first-order chi connectivity index (χ1) is 12.5. The Kier molecular flexibility index (Phi) is 5.58. The van der Waals surface area contributed by atoms with Crippen LogP contribution in [0.1, 0.15) is 38.3 Å². The quantitative estimate of drug-likeness (QED) is 0.578. The van der Waals surface area contributed by atoms with E-state index in [0.29, 0.717) is 6.61 Å². The van der Waals surface area contributed by atoms with Gasteiger partial charge in [0.15, 0.2) is 0 Å². The zero-order valence-corrected chi connectivity index (χ0v) is 15.7. The van der Waals surface area contributed by atoms with E-state index in [9.17, 15) is 4.39 Å². The summed E-state index contributed by atoms with van der Waals surface area (Å²) in [6.07, 6.45) is 1.05.